The highest BCUT2D eigenvalue weighted by molar-refractivity contribution is 8.40. The summed E-state index contributed by atoms with van der Waals surface area (Å²) < 4.78 is 6.92. The van der Waals surface area contributed by atoms with Crippen molar-refractivity contribution in [2.24, 2.45) is 0 Å². The van der Waals surface area contributed by atoms with Gasteiger partial charge in [0, 0.05) is 19.2 Å². The van der Waals surface area contributed by atoms with Crippen molar-refractivity contribution in [3.63, 3.8) is 0 Å². The van der Waals surface area contributed by atoms with Crippen LogP contribution in [-0.2, 0) is 4.79 Å². The van der Waals surface area contributed by atoms with Gasteiger partial charge in [0.2, 0.25) is 0 Å². The van der Waals surface area contributed by atoms with E-state index in [2.05, 4.69) is 79.8 Å². The van der Waals surface area contributed by atoms with E-state index >= 15 is 0 Å². The van der Waals surface area contributed by atoms with Crippen LogP contribution in [0.25, 0.3) is 42.4 Å². The fourth-order valence-electron chi connectivity index (χ4n) is 4.96. The zero-order valence-electron chi connectivity index (χ0n) is 26.8. The molecule has 0 spiro atoms. The number of benzene rings is 2. The Hall–Kier alpha value is -2.32. The molecule has 1 aliphatic heterocycles. The minimum Gasteiger partial charge on any atom is -0.477 e. The van der Waals surface area contributed by atoms with Crippen molar-refractivity contribution in [3.8, 4) is 27.0 Å². The molecule has 0 aliphatic carbocycles. The number of carboxylic acid groups (broad SMARTS) is 1. The van der Waals surface area contributed by atoms with Crippen LogP contribution in [0.4, 0.5) is 0 Å². The average molecular weight is 734 g/mol. The highest BCUT2D eigenvalue weighted by Crippen LogP contribution is 2.58. The van der Waals surface area contributed by atoms with E-state index in [9.17, 15) is 4.79 Å². The number of hydrogen-bond acceptors (Lipinski definition) is 8. The average Bonchev–Trinajstić information content (AvgIpc) is 3.78. The van der Waals surface area contributed by atoms with Gasteiger partial charge < -0.3 is 5.11 Å². The van der Waals surface area contributed by atoms with Crippen molar-refractivity contribution in [2.75, 3.05) is 11.5 Å². The third kappa shape index (κ3) is 10.3. The molecule has 0 unspecified atom stereocenters. The van der Waals surface area contributed by atoms with E-state index in [0.29, 0.717) is 5.56 Å². The summed E-state index contributed by atoms with van der Waals surface area (Å²) >= 11 is 11.6. The Morgan fingerprint density at radius 1 is 0.745 bits per heavy atom. The molecule has 5 rings (SSSR count). The molecule has 1 aliphatic rings. The summed E-state index contributed by atoms with van der Waals surface area (Å²) in [5.74, 6) is 1.22. The highest BCUT2D eigenvalue weighted by Gasteiger charge is 2.22. The molecule has 4 aromatic rings. The molecule has 0 radical (unpaired) electrons. The van der Waals surface area contributed by atoms with Crippen LogP contribution in [0, 0.1) is 11.3 Å². The number of nitrogens with zero attached hydrogens (tertiary/aromatic N) is 1. The van der Waals surface area contributed by atoms with Crippen LogP contribution in [0.15, 0.2) is 78.9 Å². The van der Waals surface area contributed by atoms with Gasteiger partial charge in [-0.15, -0.1) is 46.2 Å². The Labute approximate surface area is 304 Å². The molecule has 0 fully saturated rings. The standard InChI is InChI=1S/C38H39NO2S6/c1-3-5-7-9-19-42-37-38(43-20-10-8-6-4-2)47-35(46-37)22-27-13-17-29(18-14-27)32-24-34-33(45-32)23-31(44-34)28-15-11-26(12-16-28)21-30(25-39)36(40)41/h11-18,21-24H,3-10,19-20H2,1-2H3,(H,40,41)/b30-21-. The van der Waals surface area contributed by atoms with Gasteiger partial charge >= 0.3 is 5.97 Å². The fraction of sp³-hybridized carbons (Fsp3) is 0.316. The lowest BCUT2D eigenvalue weighted by molar-refractivity contribution is -0.132. The second-order valence-corrected chi connectivity index (χ2v) is 18.5. The van der Waals surface area contributed by atoms with Gasteiger partial charge in [0.1, 0.15) is 11.6 Å². The van der Waals surface area contributed by atoms with Crippen molar-refractivity contribution in [2.45, 2.75) is 65.2 Å². The van der Waals surface area contributed by atoms with E-state index in [1.807, 2.05) is 59.1 Å². The second-order valence-electron chi connectivity index (χ2n) is 11.2. The molecule has 9 heteroatoms. The number of nitriles is 1. The SMILES string of the molecule is CCCCCCSC1=C(SCCCCCC)SC(=Cc2ccc(-c3cc4sc(-c5ccc(/C=C(/C#N)C(=O)O)cc5)cc4s3)cc2)S1. The van der Waals surface area contributed by atoms with Crippen molar-refractivity contribution in [1.82, 2.24) is 0 Å². The van der Waals surface area contributed by atoms with E-state index < -0.39 is 5.97 Å². The summed E-state index contributed by atoms with van der Waals surface area (Å²) in [5, 5.41) is 18.1. The normalized spacial score (nSPS) is 13.5. The molecule has 2 aromatic carbocycles. The second kappa shape index (κ2) is 18.4. The lowest BCUT2D eigenvalue weighted by Crippen LogP contribution is -1.97. The smallest absolute Gasteiger partial charge is 0.346 e. The van der Waals surface area contributed by atoms with Crippen molar-refractivity contribution in [1.29, 1.82) is 5.26 Å². The lowest BCUT2D eigenvalue weighted by Gasteiger charge is -2.05. The molecule has 3 heterocycles. The minimum absolute atomic E-state index is 0.270. The Morgan fingerprint density at radius 3 is 1.68 bits per heavy atom. The molecule has 0 saturated carbocycles. The molecule has 0 atom stereocenters. The highest BCUT2D eigenvalue weighted by atomic mass is 32.3. The van der Waals surface area contributed by atoms with Crippen LogP contribution in [0.1, 0.15) is 76.3 Å². The van der Waals surface area contributed by atoms with Crippen molar-refractivity contribution in [3.05, 3.63) is 90.1 Å². The third-order valence-electron chi connectivity index (χ3n) is 7.56. The molecule has 2 aromatic heterocycles. The Kier molecular flexibility index (Phi) is 14.1. The Balaban J connectivity index is 1.22. The van der Waals surface area contributed by atoms with Crippen molar-refractivity contribution >= 4 is 97.2 Å². The fourth-order valence-corrected chi connectivity index (χ4v) is 13.3. The molecule has 0 bridgehead atoms. The minimum atomic E-state index is -1.21. The van der Waals surface area contributed by atoms with E-state index in [0.717, 1.165) is 5.56 Å². The van der Waals surface area contributed by atoms with Gasteiger partial charge in [-0.3, -0.25) is 0 Å². The summed E-state index contributed by atoms with van der Waals surface area (Å²) in [6.45, 7) is 4.55. The number of thiophene rings is 2. The lowest BCUT2D eigenvalue weighted by atomic mass is 10.1. The summed E-state index contributed by atoms with van der Waals surface area (Å²) in [7, 11) is 0. The molecular weight excluding hydrogens is 695 g/mol. The van der Waals surface area contributed by atoms with Crippen LogP contribution < -0.4 is 0 Å². The quantitative estimate of drug-likeness (QED) is 0.0658. The first kappa shape index (κ1) is 36.0. The van der Waals surface area contributed by atoms with Gasteiger partial charge in [0.05, 0.1) is 12.7 Å². The van der Waals surface area contributed by atoms with Gasteiger partial charge in [0.15, 0.2) is 0 Å². The Morgan fingerprint density at radius 2 is 1.23 bits per heavy atom. The number of fused-ring (bicyclic) bond motifs is 1. The molecular formula is C38H39NO2S6. The molecule has 0 saturated heterocycles. The predicted molar refractivity (Wildman–Crippen MR) is 215 cm³/mol. The van der Waals surface area contributed by atoms with Crippen LogP contribution in [-0.4, -0.2) is 22.6 Å². The number of rotatable bonds is 17. The maximum atomic E-state index is 11.1. The van der Waals surface area contributed by atoms with E-state index in [-0.39, 0.29) is 5.57 Å². The molecule has 1 N–H and O–H groups in total. The van der Waals surface area contributed by atoms with Crippen LogP contribution >= 0.6 is 69.7 Å². The number of carboxylic acids is 1. The van der Waals surface area contributed by atoms with Crippen LogP contribution in [0.2, 0.25) is 0 Å². The van der Waals surface area contributed by atoms with Crippen molar-refractivity contribution < 1.29 is 9.90 Å². The maximum absolute atomic E-state index is 11.1. The molecule has 244 valence electrons. The molecule has 3 nitrogen and oxygen atoms in total. The summed E-state index contributed by atoms with van der Waals surface area (Å²) in [4.78, 5) is 13.6. The zero-order chi connectivity index (χ0) is 33.0. The molecule has 47 heavy (non-hydrogen) atoms. The summed E-state index contributed by atoms with van der Waals surface area (Å²) in [6.07, 6.45) is 14.3. The number of aliphatic carboxylic acids is 1. The van der Waals surface area contributed by atoms with Gasteiger partial charge in [-0.05, 0) is 70.9 Å². The first-order valence-electron chi connectivity index (χ1n) is 16.1. The first-order chi connectivity index (χ1) is 23.0. The topological polar surface area (TPSA) is 61.1 Å². The summed E-state index contributed by atoms with van der Waals surface area (Å²) in [6, 6.07) is 22.9. The third-order valence-corrected chi connectivity index (χ3v) is 15.5. The van der Waals surface area contributed by atoms with Gasteiger partial charge in [-0.25, -0.2) is 4.79 Å². The van der Waals surface area contributed by atoms with Gasteiger partial charge in [-0.1, -0.05) is 124 Å². The number of carbonyl (C=O) groups is 1. The Bertz CT molecular complexity index is 1730. The number of hydrogen-bond donors (Lipinski definition) is 1. The van der Waals surface area contributed by atoms with E-state index in [1.165, 1.54) is 112 Å². The number of thioether (sulfide) groups is 4. The van der Waals surface area contributed by atoms with E-state index in [1.54, 1.807) is 17.4 Å². The predicted octanol–water partition coefficient (Wildman–Crippen LogP) is 13.8. The molecule has 0 amide bonds. The maximum Gasteiger partial charge on any atom is 0.346 e. The number of unbranched alkanes of at least 4 members (excludes halogenated alkanes) is 6. The zero-order valence-corrected chi connectivity index (χ0v) is 31.7. The van der Waals surface area contributed by atoms with Gasteiger partial charge in [-0.2, -0.15) is 5.26 Å². The van der Waals surface area contributed by atoms with Crippen LogP contribution in [0.5, 0.6) is 0 Å². The van der Waals surface area contributed by atoms with Gasteiger partial charge in [0.25, 0.3) is 0 Å². The summed E-state index contributed by atoms with van der Waals surface area (Å²) in [5.41, 5.74) is 3.99. The monoisotopic (exact) mass is 733 g/mol. The van der Waals surface area contributed by atoms with E-state index in [4.69, 9.17) is 10.4 Å². The first-order valence-corrected chi connectivity index (χ1v) is 21.4. The van der Waals surface area contributed by atoms with Crippen LogP contribution in [0.3, 0.4) is 0 Å². The largest absolute Gasteiger partial charge is 0.477 e.